The van der Waals surface area contributed by atoms with E-state index in [4.69, 9.17) is 5.11 Å². The van der Waals surface area contributed by atoms with E-state index in [1.165, 1.54) is 0 Å². The van der Waals surface area contributed by atoms with Crippen LogP contribution in [0.5, 0.6) is 0 Å². The molecule has 6 heteroatoms. The lowest BCUT2D eigenvalue weighted by atomic mass is 10.0. The van der Waals surface area contributed by atoms with E-state index >= 15 is 0 Å². The van der Waals surface area contributed by atoms with Crippen molar-refractivity contribution in [3.63, 3.8) is 0 Å². The van der Waals surface area contributed by atoms with Crippen LogP contribution in [0.2, 0.25) is 0 Å². The monoisotopic (exact) mass is 236 g/mol. The first-order chi connectivity index (χ1) is 7.49. The molecule has 0 heterocycles. The quantitative estimate of drug-likeness (QED) is 0.680. The number of benzene rings is 1. The van der Waals surface area contributed by atoms with Gasteiger partial charge in [-0.1, -0.05) is 6.07 Å². The van der Waals surface area contributed by atoms with Gasteiger partial charge in [-0.2, -0.15) is 0 Å². The Morgan fingerprint density at radius 1 is 1.06 bits per heavy atom. The van der Waals surface area contributed by atoms with Gasteiger partial charge in [-0.25, -0.2) is 13.2 Å². The van der Waals surface area contributed by atoms with Crippen molar-refractivity contribution >= 4 is 0 Å². The van der Waals surface area contributed by atoms with Crippen LogP contribution in [-0.4, -0.2) is 28.0 Å². The maximum Gasteiger partial charge on any atom is 0.194 e. The largest absolute Gasteiger partial charge is 0.396 e. The van der Waals surface area contributed by atoms with Gasteiger partial charge >= 0.3 is 0 Å². The van der Waals surface area contributed by atoms with Gasteiger partial charge in [0.05, 0.1) is 6.10 Å². The molecule has 0 radical (unpaired) electrons. The molecule has 0 saturated carbocycles. The molecule has 3 N–H and O–H groups in total. The molecule has 0 aromatic heterocycles. The van der Waals surface area contributed by atoms with E-state index in [2.05, 4.69) is 0 Å². The van der Waals surface area contributed by atoms with Gasteiger partial charge in [-0.15, -0.1) is 0 Å². The summed E-state index contributed by atoms with van der Waals surface area (Å²) in [5.74, 6) is -4.61. The smallest absolute Gasteiger partial charge is 0.194 e. The predicted octanol–water partition coefficient (Wildman–Crippen LogP) is 0.881. The Bertz CT molecular complexity index is 371. The molecule has 1 aromatic rings. The Hall–Kier alpha value is -1.11. The second kappa shape index (κ2) is 5.29. The molecule has 2 atom stereocenters. The molecule has 0 aliphatic carbocycles. The Labute approximate surface area is 89.8 Å². The highest BCUT2D eigenvalue weighted by Gasteiger charge is 2.24. The van der Waals surface area contributed by atoms with E-state index in [0.29, 0.717) is 6.07 Å². The Kier molecular flexibility index (Phi) is 4.28. The minimum atomic E-state index is -1.71. The van der Waals surface area contributed by atoms with Crippen LogP contribution in [-0.2, 0) is 0 Å². The molecule has 2 unspecified atom stereocenters. The molecule has 1 aromatic carbocycles. The van der Waals surface area contributed by atoms with Gasteiger partial charge in [0, 0.05) is 12.2 Å². The van der Waals surface area contributed by atoms with Gasteiger partial charge in [-0.05, 0) is 12.5 Å². The van der Waals surface area contributed by atoms with Gasteiger partial charge in [0.15, 0.2) is 17.5 Å². The summed E-state index contributed by atoms with van der Waals surface area (Å²) in [6, 6.07) is 1.50. The van der Waals surface area contributed by atoms with Crippen LogP contribution in [0.1, 0.15) is 18.1 Å². The molecule has 3 nitrogen and oxygen atoms in total. The molecule has 0 aliphatic heterocycles. The van der Waals surface area contributed by atoms with Crippen LogP contribution in [0.3, 0.4) is 0 Å². The summed E-state index contributed by atoms with van der Waals surface area (Å²) in [7, 11) is 0. The lowest BCUT2D eigenvalue weighted by molar-refractivity contribution is 0.00195. The van der Waals surface area contributed by atoms with Crippen molar-refractivity contribution in [2.45, 2.75) is 18.6 Å². The van der Waals surface area contributed by atoms with Crippen molar-refractivity contribution in [3.05, 3.63) is 35.1 Å². The highest BCUT2D eigenvalue weighted by Crippen LogP contribution is 2.24. The number of rotatable bonds is 4. The normalized spacial score (nSPS) is 14.9. The fourth-order valence-electron chi connectivity index (χ4n) is 1.27. The highest BCUT2D eigenvalue weighted by atomic mass is 19.2. The molecule has 1 rings (SSSR count). The Balaban J connectivity index is 3.00. The minimum absolute atomic E-state index is 0.195. The SMILES string of the molecule is OCCC(O)C(O)c1ccc(F)c(F)c1F. The lowest BCUT2D eigenvalue weighted by Crippen LogP contribution is -2.21. The minimum Gasteiger partial charge on any atom is -0.396 e. The first kappa shape index (κ1) is 13.0. The van der Waals surface area contributed by atoms with E-state index in [-0.39, 0.29) is 6.42 Å². The standard InChI is InChI=1S/C10H11F3O3/c11-6-2-1-5(8(12)9(6)13)10(16)7(15)3-4-14/h1-2,7,10,14-16H,3-4H2. The van der Waals surface area contributed by atoms with Crippen LogP contribution in [0.4, 0.5) is 13.2 Å². The van der Waals surface area contributed by atoms with E-state index in [0.717, 1.165) is 6.07 Å². The molecule has 0 spiro atoms. The van der Waals surface area contributed by atoms with E-state index in [1.54, 1.807) is 0 Å². The number of halogens is 3. The topological polar surface area (TPSA) is 60.7 Å². The van der Waals surface area contributed by atoms with Gasteiger partial charge in [0.2, 0.25) is 0 Å². The van der Waals surface area contributed by atoms with Gasteiger partial charge in [0.1, 0.15) is 6.10 Å². The third-order valence-corrected chi connectivity index (χ3v) is 2.17. The predicted molar refractivity (Wildman–Crippen MR) is 49.0 cm³/mol. The molecule has 0 aliphatic rings. The van der Waals surface area contributed by atoms with Crippen molar-refractivity contribution in [2.75, 3.05) is 6.61 Å². The summed E-state index contributed by atoms with van der Waals surface area (Å²) in [6.45, 7) is -0.413. The zero-order valence-electron chi connectivity index (χ0n) is 8.20. The van der Waals surface area contributed by atoms with E-state index in [9.17, 15) is 23.4 Å². The molecule has 0 bridgehead atoms. The first-order valence-corrected chi connectivity index (χ1v) is 4.59. The fourth-order valence-corrected chi connectivity index (χ4v) is 1.27. The van der Waals surface area contributed by atoms with Crippen molar-refractivity contribution < 1.29 is 28.5 Å². The van der Waals surface area contributed by atoms with Crippen molar-refractivity contribution in [2.24, 2.45) is 0 Å². The summed E-state index contributed by atoms with van der Waals surface area (Å²) >= 11 is 0. The molecular formula is C10H11F3O3. The van der Waals surface area contributed by atoms with Crippen LogP contribution >= 0.6 is 0 Å². The average Bonchev–Trinajstić information content (AvgIpc) is 2.26. The highest BCUT2D eigenvalue weighted by molar-refractivity contribution is 5.23. The molecule has 90 valence electrons. The van der Waals surface area contributed by atoms with Crippen LogP contribution in [0.25, 0.3) is 0 Å². The fraction of sp³-hybridized carbons (Fsp3) is 0.400. The number of aliphatic hydroxyl groups is 3. The second-order valence-corrected chi connectivity index (χ2v) is 3.29. The Morgan fingerprint density at radius 2 is 1.69 bits per heavy atom. The summed E-state index contributed by atoms with van der Waals surface area (Å²) in [5, 5.41) is 27.2. The van der Waals surface area contributed by atoms with Gasteiger partial charge in [0.25, 0.3) is 0 Å². The number of aliphatic hydroxyl groups excluding tert-OH is 3. The summed E-state index contributed by atoms with van der Waals surface area (Å²) in [4.78, 5) is 0. The van der Waals surface area contributed by atoms with E-state index < -0.39 is 41.8 Å². The molecular weight excluding hydrogens is 225 g/mol. The second-order valence-electron chi connectivity index (χ2n) is 3.29. The number of hydrogen-bond donors (Lipinski definition) is 3. The third kappa shape index (κ3) is 2.52. The molecule has 16 heavy (non-hydrogen) atoms. The summed E-state index contributed by atoms with van der Waals surface area (Å²) < 4.78 is 38.5. The maximum absolute atomic E-state index is 13.2. The zero-order chi connectivity index (χ0) is 12.3. The average molecular weight is 236 g/mol. The van der Waals surface area contributed by atoms with Crippen molar-refractivity contribution in [1.82, 2.24) is 0 Å². The van der Waals surface area contributed by atoms with Crippen molar-refractivity contribution in [3.8, 4) is 0 Å². The Morgan fingerprint density at radius 3 is 2.25 bits per heavy atom. The van der Waals surface area contributed by atoms with Gasteiger partial charge in [-0.3, -0.25) is 0 Å². The van der Waals surface area contributed by atoms with Crippen molar-refractivity contribution in [1.29, 1.82) is 0 Å². The van der Waals surface area contributed by atoms with Crippen LogP contribution in [0.15, 0.2) is 12.1 Å². The zero-order valence-corrected chi connectivity index (χ0v) is 8.20. The first-order valence-electron chi connectivity index (χ1n) is 4.59. The van der Waals surface area contributed by atoms with Crippen LogP contribution < -0.4 is 0 Å². The number of hydrogen-bond acceptors (Lipinski definition) is 3. The molecule has 0 amide bonds. The summed E-state index contributed by atoms with van der Waals surface area (Å²) in [6.07, 6.45) is -3.34. The third-order valence-electron chi connectivity index (χ3n) is 2.17. The van der Waals surface area contributed by atoms with Crippen LogP contribution in [0, 0.1) is 17.5 Å². The molecule has 0 fully saturated rings. The lowest BCUT2D eigenvalue weighted by Gasteiger charge is -2.17. The van der Waals surface area contributed by atoms with Gasteiger partial charge < -0.3 is 15.3 Å². The maximum atomic E-state index is 13.2. The van der Waals surface area contributed by atoms with E-state index in [1.807, 2.05) is 0 Å². The summed E-state index contributed by atoms with van der Waals surface area (Å²) in [5.41, 5.74) is -0.542. The molecule has 0 saturated heterocycles.